The molecule has 0 spiro atoms. The molecule has 0 fully saturated rings. The average Bonchev–Trinajstić information content (AvgIpc) is 2.34. The third-order valence-electron chi connectivity index (χ3n) is 2.45. The maximum atomic E-state index is 12.2. The number of benzene rings is 1. The highest BCUT2D eigenvalue weighted by Gasteiger charge is 2.37. The first kappa shape index (κ1) is 12.6. The lowest BCUT2D eigenvalue weighted by atomic mass is 10.3. The van der Waals surface area contributed by atoms with Gasteiger partial charge >= 0.3 is 5.97 Å². The van der Waals surface area contributed by atoms with Crippen LogP contribution < -0.4 is 5.01 Å². The predicted molar refractivity (Wildman–Crippen MR) is 66.1 cm³/mol. The van der Waals surface area contributed by atoms with E-state index < -0.39 is 20.9 Å². The van der Waals surface area contributed by atoms with Crippen LogP contribution in [0.1, 0.15) is 6.92 Å². The first-order valence-corrected chi connectivity index (χ1v) is 6.80. The minimum absolute atomic E-state index is 0.0607. The lowest BCUT2D eigenvalue weighted by Gasteiger charge is -2.23. The van der Waals surface area contributed by atoms with Crippen molar-refractivity contribution in [2.45, 2.75) is 11.8 Å². The summed E-state index contributed by atoms with van der Waals surface area (Å²) in [7, 11) is -2.33. The van der Waals surface area contributed by atoms with Crippen LogP contribution in [0.3, 0.4) is 0 Å². The summed E-state index contributed by atoms with van der Waals surface area (Å²) in [6.07, 6.45) is 0. The number of hydrogen-bond acceptors (Lipinski definition) is 6. The zero-order chi connectivity index (χ0) is 13.3. The van der Waals surface area contributed by atoms with Crippen molar-refractivity contribution in [3.05, 3.63) is 24.3 Å². The molecule has 1 aromatic carbocycles. The zero-order valence-corrected chi connectivity index (χ0v) is 10.8. The van der Waals surface area contributed by atoms with E-state index in [1.807, 2.05) is 0 Å². The van der Waals surface area contributed by atoms with Gasteiger partial charge < -0.3 is 4.74 Å². The molecule has 0 unspecified atom stereocenters. The van der Waals surface area contributed by atoms with Crippen LogP contribution in [0.25, 0.3) is 0 Å². The molecule has 2 rings (SSSR count). The normalized spacial score (nSPS) is 16.8. The van der Waals surface area contributed by atoms with Crippen LogP contribution in [0.4, 0.5) is 5.69 Å². The molecule has 0 aromatic heterocycles. The third-order valence-corrected chi connectivity index (χ3v) is 4.13. The monoisotopic (exact) mass is 268 g/mol. The lowest BCUT2D eigenvalue weighted by Crippen LogP contribution is -2.34. The van der Waals surface area contributed by atoms with Crippen LogP contribution in [0.2, 0.25) is 0 Å². The van der Waals surface area contributed by atoms with Crippen LogP contribution in [0.5, 0.6) is 0 Å². The van der Waals surface area contributed by atoms with Gasteiger partial charge in [0.2, 0.25) is 9.84 Å². The number of carbonyl (C=O) groups is 1. The summed E-state index contributed by atoms with van der Waals surface area (Å²) in [4.78, 5) is 11.7. The Morgan fingerprint density at radius 2 is 2.06 bits per heavy atom. The summed E-state index contributed by atoms with van der Waals surface area (Å²) in [5, 5.41) is 4.55. The fraction of sp³-hybridized carbons (Fsp3) is 0.273. The van der Waals surface area contributed by atoms with Gasteiger partial charge in [-0.3, -0.25) is 5.01 Å². The van der Waals surface area contributed by atoms with Crippen LogP contribution in [-0.2, 0) is 19.4 Å². The van der Waals surface area contributed by atoms with Crippen molar-refractivity contribution in [3.63, 3.8) is 0 Å². The topological polar surface area (TPSA) is 76.0 Å². The number of para-hydroxylation sites is 1. The Kier molecular flexibility index (Phi) is 3.08. The van der Waals surface area contributed by atoms with Crippen LogP contribution in [0, 0.1) is 0 Å². The SMILES string of the molecule is CCOC(=O)C1=NN(C)c2ccccc2S1(=O)=O. The predicted octanol–water partition coefficient (Wildman–Crippen LogP) is 0.787. The van der Waals surface area contributed by atoms with Crippen molar-refractivity contribution in [2.75, 3.05) is 18.7 Å². The maximum Gasteiger partial charge on any atom is 0.371 e. The highest BCUT2D eigenvalue weighted by Crippen LogP contribution is 2.30. The summed E-state index contributed by atoms with van der Waals surface area (Å²) in [5.74, 6) is -0.932. The van der Waals surface area contributed by atoms with E-state index in [2.05, 4.69) is 5.10 Å². The number of nitrogens with zero attached hydrogens (tertiary/aromatic N) is 2. The Morgan fingerprint density at radius 3 is 2.72 bits per heavy atom. The molecule has 18 heavy (non-hydrogen) atoms. The molecule has 96 valence electrons. The Labute approximate surface area is 105 Å². The molecule has 7 heteroatoms. The van der Waals surface area contributed by atoms with Gasteiger partial charge in [0.15, 0.2) is 0 Å². The highest BCUT2D eigenvalue weighted by atomic mass is 32.2. The first-order valence-electron chi connectivity index (χ1n) is 5.32. The Hall–Kier alpha value is -1.89. The van der Waals surface area contributed by atoms with E-state index in [0.717, 1.165) is 0 Å². The van der Waals surface area contributed by atoms with Crippen molar-refractivity contribution in [2.24, 2.45) is 5.10 Å². The van der Waals surface area contributed by atoms with Gasteiger partial charge in [0.05, 0.1) is 17.2 Å². The first-order chi connectivity index (χ1) is 8.48. The molecule has 0 atom stereocenters. The molecule has 0 saturated carbocycles. The fourth-order valence-electron chi connectivity index (χ4n) is 1.64. The molecule has 1 aromatic rings. The molecule has 0 N–H and O–H groups in total. The second-order valence-corrected chi connectivity index (χ2v) is 5.45. The Balaban J connectivity index is 2.58. The van der Waals surface area contributed by atoms with Crippen molar-refractivity contribution >= 4 is 26.5 Å². The van der Waals surface area contributed by atoms with Gasteiger partial charge in [0.25, 0.3) is 5.04 Å². The summed E-state index contributed by atoms with van der Waals surface area (Å²) >= 11 is 0. The van der Waals surface area contributed by atoms with Crippen molar-refractivity contribution in [1.82, 2.24) is 0 Å². The number of anilines is 1. The van der Waals surface area contributed by atoms with Crippen LogP contribution >= 0.6 is 0 Å². The van der Waals surface area contributed by atoms with Gasteiger partial charge in [-0.2, -0.15) is 5.10 Å². The van der Waals surface area contributed by atoms with E-state index in [0.29, 0.717) is 5.69 Å². The van der Waals surface area contributed by atoms with E-state index in [-0.39, 0.29) is 11.5 Å². The summed E-state index contributed by atoms with van der Waals surface area (Å²) in [6.45, 7) is 1.70. The van der Waals surface area contributed by atoms with E-state index in [9.17, 15) is 13.2 Å². The number of rotatable bonds is 2. The fourth-order valence-corrected chi connectivity index (χ4v) is 3.09. The molecule has 0 radical (unpaired) electrons. The van der Waals surface area contributed by atoms with E-state index in [4.69, 9.17) is 4.74 Å². The van der Waals surface area contributed by atoms with Gasteiger partial charge in [-0.25, -0.2) is 13.2 Å². The Bertz CT molecular complexity index is 622. The molecule has 6 nitrogen and oxygen atoms in total. The third kappa shape index (κ3) is 1.86. The largest absolute Gasteiger partial charge is 0.461 e. The number of fused-ring (bicyclic) bond motifs is 1. The number of hydrazone groups is 1. The zero-order valence-electron chi connectivity index (χ0n) is 9.95. The minimum Gasteiger partial charge on any atom is -0.461 e. The Morgan fingerprint density at radius 1 is 1.39 bits per heavy atom. The van der Waals surface area contributed by atoms with Gasteiger partial charge in [0, 0.05) is 7.05 Å². The summed E-state index contributed by atoms with van der Waals surface area (Å²) in [5.41, 5.74) is 0.436. The second-order valence-electron chi connectivity index (χ2n) is 3.62. The van der Waals surface area contributed by atoms with Crippen molar-refractivity contribution in [3.8, 4) is 0 Å². The quantitative estimate of drug-likeness (QED) is 0.741. The molecular formula is C11H12N2O4S. The maximum absolute atomic E-state index is 12.2. The number of sulfone groups is 1. The molecule has 1 heterocycles. The lowest BCUT2D eigenvalue weighted by molar-refractivity contribution is -0.134. The standard InChI is InChI=1S/C11H12N2O4S/c1-3-17-11(14)10-12-13(2)8-6-4-5-7-9(8)18(10,15)16/h4-7H,3H2,1-2H3. The van der Waals surface area contributed by atoms with Crippen molar-refractivity contribution < 1.29 is 17.9 Å². The number of hydrogen-bond donors (Lipinski definition) is 0. The summed E-state index contributed by atoms with van der Waals surface area (Å²) < 4.78 is 29.1. The molecule has 1 aliphatic rings. The minimum atomic E-state index is -3.90. The smallest absolute Gasteiger partial charge is 0.371 e. The van der Waals surface area contributed by atoms with Crippen LogP contribution in [0.15, 0.2) is 34.3 Å². The molecule has 0 bridgehead atoms. The molecule has 0 aliphatic carbocycles. The number of carbonyl (C=O) groups excluding carboxylic acids is 1. The molecule has 1 aliphatic heterocycles. The van der Waals surface area contributed by atoms with E-state index >= 15 is 0 Å². The van der Waals surface area contributed by atoms with Crippen molar-refractivity contribution in [1.29, 1.82) is 0 Å². The van der Waals surface area contributed by atoms with Gasteiger partial charge in [-0.1, -0.05) is 12.1 Å². The van der Waals surface area contributed by atoms with E-state index in [1.54, 1.807) is 32.2 Å². The molecule has 0 amide bonds. The molecular weight excluding hydrogens is 256 g/mol. The van der Waals surface area contributed by atoms with Gasteiger partial charge in [-0.15, -0.1) is 0 Å². The van der Waals surface area contributed by atoms with Gasteiger partial charge in [0.1, 0.15) is 0 Å². The number of esters is 1. The summed E-state index contributed by atoms with van der Waals surface area (Å²) in [6, 6.07) is 6.36. The highest BCUT2D eigenvalue weighted by molar-refractivity contribution is 8.08. The van der Waals surface area contributed by atoms with E-state index in [1.165, 1.54) is 11.1 Å². The second kappa shape index (κ2) is 4.41. The average molecular weight is 268 g/mol. The number of ether oxygens (including phenoxy) is 1. The van der Waals surface area contributed by atoms with Crippen LogP contribution in [-0.4, -0.2) is 33.1 Å². The molecule has 0 saturated heterocycles. The van der Waals surface area contributed by atoms with Gasteiger partial charge in [-0.05, 0) is 19.1 Å².